The van der Waals surface area contributed by atoms with Crippen molar-refractivity contribution in [1.82, 2.24) is 19.6 Å². The molecule has 0 saturated heterocycles. The fourth-order valence-electron chi connectivity index (χ4n) is 2.54. The summed E-state index contributed by atoms with van der Waals surface area (Å²) >= 11 is 0. The Kier molecular flexibility index (Phi) is 4.06. The Labute approximate surface area is 134 Å². The molecule has 3 aromatic rings. The Morgan fingerprint density at radius 2 is 1.91 bits per heavy atom. The number of nitrogens with one attached hydrogen (secondary N) is 1. The highest BCUT2D eigenvalue weighted by Crippen LogP contribution is 2.15. The van der Waals surface area contributed by atoms with E-state index in [4.69, 9.17) is 0 Å². The minimum atomic E-state index is -0.0700. The molecule has 3 rings (SSSR count). The summed E-state index contributed by atoms with van der Waals surface area (Å²) in [5, 5.41) is 7.33. The number of rotatable bonds is 4. The van der Waals surface area contributed by atoms with Gasteiger partial charge in [0.25, 0.3) is 5.78 Å². The largest absolute Gasteiger partial charge is 0.326 e. The molecule has 23 heavy (non-hydrogen) atoms. The molecular weight excluding hydrogens is 290 g/mol. The van der Waals surface area contributed by atoms with Crippen LogP contribution in [0.25, 0.3) is 5.78 Å². The second-order valence-electron chi connectivity index (χ2n) is 5.45. The van der Waals surface area contributed by atoms with E-state index in [-0.39, 0.29) is 12.3 Å². The first-order chi connectivity index (χ1) is 11.1. The highest BCUT2D eigenvalue weighted by atomic mass is 16.1. The molecule has 0 unspecified atom stereocenters. The summed E-state index contributed by atoms with van der Waals surface area (Å²) in [7, 11) is 0. The smallest absolute Gasteiger partial charge is 0.252 e. The van der Waals surface area contributed by atoms with E-state index in [1.807, 2.05) is 51.1 Å². The maximum Gasteiger partial charge on any atom is 0.252 e. The number of carbonyl (C=O) groups is 1. The molecule has 6 heteroatoms. The summed E-state index contributed by atoms with van der Waals surface area (Å²) in [5.41, 5.74) is 3.39. The van der Waals surface area contributed by atoms with Gasteiger partial charge in [-0.05, 0) is 26.0 Å². The average molecular weight is 309 g/mol. The van der Waals surface area contributed by atoms with Gasteiger partial charge in [0.2, 0.25) is 5.91 Å². The van der Waals surface area contributed by atoms with Crippen molar-refractivity contribution in [3.63, 3.8) is 0 Å². The Hall–Kier alpha value is -2.76. The van der Waals surface area contributed by atoms with Crippen LogP contribution in [0.1, 0.15) is 29.7 Å². The number of anilines is 1. The summed E-state index contributed by atoms with van der Waals surface area (Å²) in [6, 6.07) is 9.43. The molecule has 0 atom stereocenters. The van der Waals surface area contributed by atoms with Crippen molar-refractivity contribution < 1.29 is 4.79 Å². The quantitative estimate of drug-likeness (QED) is 0.803. The molecule has 2 aromatic heterocycles. The number of aryl methyl sites for hydroxylation is 3. The molecule has 0 saturated carbocycles. The van der Waals surface area contributed by atoms with Gasteiger partial charge in [0.1, 0.15) is 0 Å². The highest BCUT2D eigenvalue weighted by Gasteiger charge is 2.15. The van der Waals surface area contributed by atoms with Gasteiger partial charge in [0.15, 0.2) is 5.82 Å². The summed E-state index contributed by atoms with van der Waals surface area (Å²) in [6.07, 6.45) is 1.02. The molecule has 2 heterocycles. The number of amides is 1. The lowest BCUT2D eigenvalue weighted by atomic mass is 10.1. The van der Waals surface area contributed by atoms with Gasteiger partial charge in [0, 0.05) is 29.1 Å². The summed E-state index contributed by atoms with van der Waals surface area (Å²) < 4.78 is 1.72. The molecule has 0 bridgehead atoms. The standard InChI is InChI=1S/C17H19N5O/c1-4-15-20-17-18-11(2)14(12(3)22(17)21-15)10-16(23)19-13-8-6-5-7-9-13/h5-9H,4,10H2,1-3H3,(H,19,23). The molecule has 0 aliphatic heterocycles. The Bertz CT molecular complexity index is 854. The van der Waals surface area contributed by atoms with Crippen LogP contribution in [-0.4, -0.2) is 25.5 Å². The van der Waals surface area contributed by atoms with Gasteiger partial charge in [-0.3, -0.25) is 4.79 Å². The molecule has 1 aromatic carbocycles. The van der Waals surface area contributed by atoms with Gasteiger partial charge in [-0.2, -0.15) is 4.98 Å². The molecular formula is C17H19N5O. The Balaban J connectivity index is 1.88. The monoisotopic (exact) mass is 309 g/mol. The average Bonchev–Trinajstić information content (AvgIpc) is 2.95. The number of carbonyl (C=O) groups excluding carboxylic acids is 1. The van der Waals surface area contributed by atoms with Gasteiger partial charge >= 0.3 is 0 Å². The molecule has 1 amide bonds. The molecule has 0 fully saturated rings. The number of para-hydroxylation sites is 1. The minimum Gasteiger partial charge on any atom is -0.326 e. The van der Waals surface area contributed by atoms with Gasteiger partial charge in [-0.1, -0.05) is 25.1 Å². The molecule has 6 nitrogen and oxygen atoms in total. The highest BCUT2D eigenvalue weighted by molar-refractivity contribution is 5.92. The fraction of sp³-hybridized carbons (Fsp3) is 0.294. The first-order valence-electron chi connectivity index (χ1n) is 7.65. The zero-order chi connectivity index (χ0) is 16.4. The molecule has 0 aliphatic rings. The second-order valence-corrected chi connectivity index (χ2v) is 5.45. The third-order valence-electron chi connectivity index (χ3n) is 3.80. The molecule has 0 radical (unpaired) electrons. The van der Waals surface area contributed by atoms with Crippen molar-refractivity contribution in [3.8, 4) is 0 Å². The van der Waals surface area contributed by atoms with E-state index in [9.17, 15) is 4.79 Å². The van der Waals surface area contributed by atoms with Crippen LogP contribution < -0.4 is 5.32 Å². The van der Waals surface area contributed by atoms with Crippen molar-refractivity contribution in [2.75, 3.05) is 5.32 Å². The van der Waals surface area contributed by atoms with Crippen LogP contribution in [-0.2, 0) is 17.6 Å². The van der Waals surface area contributed by atoms with E-state index < -0.39 is 0 Å². The number of fused-ring (bicyclic) bond motifs is 1. The predicted octanol–water partition coefficient (Wildman–Crippen LogP) is 2.48. The van der Waals surface area contributed by atoms with Gasteiger partial charge < -0.3 is 5.32 Å². The summed E-state index contributed by atoms with van der Waals surface area (Å²) in [5.74, 6) is 1.27. The lowest BCUT2D eigenvalue weighted by molar-refractivity contribution is -0.115. The first-order valence-corrected chi connectivity index (χ1v) is 7.65. The Morgan fingerprint density at radius 3 is 2.61 bits per heavy atom. The number of aromatic nitrogens is 4. The van der Waals surface area contributed by atoms with Gasteiger partial charge in [-0.15, -0.1) is 5.10 Å². The van der Waals surface area contributed by atoms with E-state index in [0.717, 1.165) is 34.9 Å². The lowest BCUT2D eigenvalue weighted by Crippen LogP contribution is -2.17. The number of hydrogen-bond donors (Lipinski definition) is 1. The van der Waals surface area contributed by atoms with Crippen molar-refractivity contribution in [3.05, 3.63) is 53.1 Å². The van der Waals surface area contributed by atoms with Crippen molar-refractivity contribution in [1.29, 1.82) is 0 Å². The first kappa shape index (κ1) is 15.1. The number of benzene rings is 1. The molecule has 0 spiro atoms. The van der Waals surface area contributed by atoms with E-state index in [2.05, 4.69) is 20.4 Å². The van der Waals surface area contributed by atoms with Crippen LogP contribution in [0, 0.1) is 13.8 Å². The van der Waals surface area contributed by atoms with E-state index in [1.165, 1.54) is 0 Å². The van der Waals surface area contributed by atoms with E-state index in [0.29, 0.717) is 5.78 Å². The van der Waals surface area contributed by atoms with Gasteiger partial charge in [-0.25, -0.2) is 9.50 Å². The third-order valence-corrected chi connectivity index (χ3v) is 3.80. The number of hydrogen-bond acceptors (Lipinski definition) is 4. The van der Waals surface area contributed by atoms with Crippen LogP contribution >= 0.6 is 0 Å². The van der Waals surface area contributed by atoms with Gasteiger partial charge in [0.05, 0.1) is 6.42 Å². The summed E-state index contributed by atoms with van der Waals surface area (Å²) in [4.78, 5) is 21.2. The SMILES string of the molecule is CCc1nc2nc(C)c(CC(=O)Nc3ccccc3)c(C)n2n1. The van der Waals surface area contributed by atoms with E-state index in [1.54, 1.807) is 4.52 Å². The second kappa shape index (κ2) is 6.16. The van der Waals surface area contributed by atoms with Crippen molar-refractivity contribution in [2.24, 2.45) is 0 Å². The van der Waals surface area contributed by atoms with Crippen LogP contribution in [0.4, 0.5) is 5.69 Å². The normalized spacial score (nSPS) is 10.9. The van der Waals surface area contributed by atoms with Crippen LogP contribution in [0.3, 0.4) is 0 Å². The van der Waals surface area contributed by atoms with Crippen LogP contribution in [0.5, 0.6) is 0 Å². The van der Waals surface area contributed by atoms with Crippen LogP contribution in [0.15, 0.2) is 30.3 Å². The Morgan fingerprint density at radius 1 is 1.17 bits per heavy atom. The minimum absolute atomic E-state index is 0.0700. The lowest BCUT2D eigenvalue weighted by Gasteiger charge is -2.10. The zero-order valence-electron chi connectivity index (χ0n) is 13.5. The number of nitrogens with zero attached hydrogens (tertiary/aromatic N) is 4. The van der Waals surface area contributed by atoms with Crippen molar-refractivity contribution >= 4 is 17.4 Å². The zero-order valence-corrected chi connectivity index (χ0v) is 13.5. The van der Waals surface area contributed by atoms with Crippen LogP contribution in [0.2, 0.25) is 0 Å². The molecule has 0 aliphatic carbocycles. The van der Waals surface area contributed by atoms with E-state index >= 15 is 0 Å². The topological polar surface area (TPSA) is 72.2 Å². The molecule has 1 N–H and O–H groups in total. The maximum absolute atomic E-state index is 12.3. The maximum atomic E-state index is 12.3. The third kappa shape index (κ3) is 3.06. The fourth-order valence-corrected chi connectivity index (χ4v) is 2.54. The predicted molar refractivity (Wildman–Crippen MR) is 88.4 cm³/mol. The molecule has 118 valence electrons. The van der Waals surface area contributed by atoms with Crippen molar-refractivity contribution in [2.45, 2.75) is 33.6 Å². The summed E-state index contributed by atoms with van der Waals surface area (Å²) in [6.45, 7) is 5.85.